The van der Waals surface area contributed by atoms with E-state index in [0.717, 1.165) is 18.2 Å². The summed E-state index contributed by atoms with van der Waals surface area (Å²) in [5.41, 5.74) is 0.370. The Morgan fingerprint density at radius 2 is 1.85 bits per heavy atom. The van der Waals surface area contributed by atoms with Crippen LogP contribution in [0.25, 0.3) is 6.08 Å². The van der Waals surface area contributed by atoms with Gasteiger partial charge in [0, 0.05) is 17.2 Å². The molecule has 0 saturated heterocycles. The number of hydrogen-bond acceptors (Lipinski definition) is 4. The van der Waals surface area contributed by atoms with Crippen molar-refractivity contribution in [2.45, 2.75) is 19.7 Å². The molecule has 2 aromatic rings. The maximum Gasteiger partial charge on any atom is 0.416 e. The van der Waals surface area contributed by atoms with Crippen molar-refractivity contribution in [1.82, 2.24) is 0 Å². The van der Waals surface area contributed by atoms with Gasteiger partial charge in [0.15, 0.2) is 5.78 Å². The summed E-state index contributed by atoms with van der Waals surface area (Å²) in [7, 11) is 1.45. The van der Waals surface area contributed by atoms with Gasteiger partial charge in [0.2, 0.25) is 0 Å². The zero-order valence-corrected chi connectivity index (χ0v) is 14.7. The van der Waals surface area contributed by atoms with Crippen molar-refractivity contribution in [1.29, 1.82) is 0 Å². The van der Waals surface area contributed by atoms with Crippen LogP contribution in [-0.2, 0) is 22.3 Å². The highest BCUT2D eigenvalue weighted by Gasteiger charge is 2.30. The molecule has 142 valence electrons. The number of halogens is 3. The molecule has 0 heterocycles. The summed E-state index contributed by atoms with van der Waals surface area (Å²) in [6.07, 6.45) is -2.18. The molecule has 7 heteroatoms. The fourth-order valence-corrected chi connectivity index (χ4v) is 2.29. The van der Waals surface area contributed by atoms with Crippen LogP contribution in [0.3, 0.4) is 0 Å². The van der Waals surface area contributed by atoms with Gasteiger partial charge in [-0.2, -0.15) is 13.2 Å². The minimum atomic E-state index is -4.46. The number of carbonyl (C=O) groups excluding carboxylic acids is 2. The number of alkyl halides is 3. The fourth-order valence-electron chi connectivity index (χ4n) is 2.29. The highest BCUT2D eigenvalue weighted by molar-refractivity contribution is 5.94. The van der Waals surface area contributed by atoms with Crippen LogP contribution in [0.1, 0.15) is 34.0 Å². The Morgan fingerprint density at radius 3 is 2.48 bits per heavy atom. The number of methoxy groups -OCH3 is 1. The van der Waals surface area contributed by atoms with E-state index >= 15 is 0 Å². The molecule has 0 N–H and O–H groups in total. The molecule has 0 saturated carbocycles. The van der Waals surface area contributed by atoms with Gasteiger partial charge in [0.05, 0.1) is 12.7 Å². The summed E-state index contributed by atoms with van der Waals surface area (Å²) < 4.78 is 48.3. The highest BCUT2D eigenvalue weighted by atomic mass is 19.4. The van der Waals surface area contributed by atoms with E-state index in [2.05, 4.69) is 0 Å². The van der Waals surface area contributed by atoms with Gasteiger partial charge in [-0.05, 0) is 48.9 Å². The molecule has 0 bridgehead atoms. The normalized spacial score (nSPS) is 11.4. The second-order valence-electron chi connectivity index (χ2n) is 5.65. The van der Waals surface area contributed by atoms with Gasteiger partial charge in [-0.15, -0.1) is 0 Å². The zero-order chi connectivity index (χ0) is 20.0. The fraction of sp³-hybridized carbons (Fsp3) is 0.200. The number of ketones is 1. The molecular weight excluding hydrogens is 361 g/mol. The molecule has 0 radical (unpaired) electrons. The number of ether oxygens (including phenoxy) is 2. The first-order chi connectivity index (χ1) is 12.7. The van der Waals surface area contributed by atoms with Crippen molar-refractivity contribution in [3.63, 3.8) is 0 Å². The van der Waals surface area contributed by atoms with E-state index in [0.29, 0.717) is 16.9 Å². The van der Waals surface area contributed by atoms with Crippen LogP contribution in [0.15, 0.2) is 48.5 Å². The first-order valence-electron chi connectivity index (χ1n) is 7.90. The number of benzene rings is 2. The summed E-state index contributed by atoms with van der Waals surface area (Å²) in [4.78, 5) is 23.3. The Labute approximate surface area is 154 Å². The maximum atomic E-state index is 12.7. The van der Waals surface area contributed by atoms with Crippen LogP contribution in [0.4, 0.5) is 13.2 Å². The van der Waals surface area contributed by atoms with Crippen molar-refractivity contribution < 1.29 is 32.2 Å². The molecule has 4 nitrogen and oxygen atoms in total. The number of esters is 1. The smallest absolute Gasteiger partial charge is 0.416 e. The minimum Gasteiger partial charge on any atom is -0.496 e. The zero-order valence-electron chi connectivity index (χ0n) is 14.7. The van der Waals surface area contributed by atoms with Crippen LogP contribution in [0, 0.1) is 0 Å². The van der Waals surface area contributed by atoms with E-state index in [-0.39, 0.29) is 18.0 Å². The third-order valence-electron chi connectivity index (χ3n) is 3.68. The Kier molecular flexibility index (Phi) is 6.39. The molecule has 27 heavy (non-hydrogen) atoms. The summed E-state index contributed by atoms with van der Waals surface area (Å²) in [6.45, 7) is 1.27. The summed E-state index contributed by atoms with van der Waals surface area (Å²) in [5.74, 6) is -0.424. The molecule has 0 spiro atoms. The number of hydrogen-bond donors (Lipinski definition) is 0. The predicted octanol–water partition coefficient (Wildman–Crippen LogP) is 4.67. The van der Waals surface area contributed by atoms with E-state index in [1.54, 1.807) is 18.2 Å². The minimum absolute atomic E-state index is 0.143. The van der Waals surface area contributed by atoms with Gasteiger partial charge >= 0.3 is 12.1 Å². The highest BCUT2D eigenvalue weighted by Crippen LogP contribution is 2.29. The summed E-state index contributed by atoms with van der Waals surface area (Å²) >= 11 is 0. The molecule has 0 aliphatic carbocycles. The van der Waals surface area contributed by atoms with Crippen molar-refractivity contribution in [2.75, 3.05) is 7.11 Å². The van der Waals surface area contributed by atoms with Gasteiger partial charge in [-0.25, -0.2) is 4.79 Å². The molecule has 0 atom stereocenters. The molecular formula is C20H17F3O4. The molecule has 0 amide bonds. The lowest BCUT2D eigenvalue weighted by molar-refractivity contribution is -0.139. The van der Waals surface area contributed by atoms with E-state index in [9.17, 15) is 22.8 Å². The van der Waals surface area contributed by atoms with Crippen molar-refractivity contribution in [3.8, 4) is 5.75 Å². The first-order valence-corrected chi connectivity index (χ1v) is 7.90. The SMILES string of the molecule is COc1ccc(C(C)=O)cc1COC(=O)C=Cc1cccc(C(F)(F)F)c1. The topological polar surface area (TPSA) is 52.6 Å². The molecule has 0 fully saturated rings. The van der Waals surface area contributed by atoms with Gasteiger partial charge in [-0.1, -0.05) is 12.1 Å². The van der Waals surface area contributed by atoms with E-state index in [1.807, 2.05) is 0 Å². The summed E-state index contributed by atoms with van der Waals surface area (Å²) in [6, 6.07) is 9.33. The number of rotatable bonds is 6. The lowest BCUT2D eigenvalue weighted by Gasteiger charge is -2.10. The molecule has 2 rings (SSSR count). The average Bonchev–Trinajstić information content (AvgIpc) is 2.63. The van der Waals surface area contributed by atoms with Crippen LogP contribution < -0.4 is 4.74 Å². The Hall–Kier alpha value is -3.09. The summed E-state index contributed by atoms with van der Waals surface area (Å²) in [5, 5.41) is 0. The third kappa shape index (κ3) is 5.70. The first kappa shape index (κ1) is 20.2. The van der Waals surface area contributed by atoms with Crippen molar-refractivity contribution in [3.05, 3.63) is 70.8 Å². The van der Waals surface area contributed by atoms with Gasteiger partial charge in [0.1, 0.15) is 12.4 Å². The van der Waals surface area contributed by atoms with E-state index in [4.69, 9.17) is 9.47 Å². The van der Waals surface area contributed by atoms with Crippen LogP contribution in [0.5, 0.6) is 5.75 Å². The molecule has 0 aliphatic heterocycles. The molecule has 0 aromatic heterocycles. The Bertz CT molecular complexity index is 870. The second-order valence-corrected chi connectivity index (χ2v) is 5.65. The number of Topliss-reactive ketones (excluding diaryl/α,β-unsaturated/α-hetero) is 1. The van der Waals surface area contributed by atoms with Crippen LogP contribution >= 0.6 is 0 Å². The predicted molar refractivity (Wildman–Crippen MR) is 93.3 cm³/mol. The third-order valence-corrected chi connectivity index (χ3v) is 3.68. The van der Waals surface area contributed by atoms with E-state index < -0.39 is 17.7 Å². The monoisotopic (exact) mass is 378 g/mol. The quantitative estimate of drug-likeness (QED) is 0.416. The Balaban J connectivity index is 2.06. The second kappa shape index (κ2) is 8.53. The van der Waals surface area contributed by atoms with Crippen molar-refractivity contribution in [2.24, 2.45) is 0 Å². The maximum absolute atomic E-state index is 12.7. The van der Waals surface area contributed by atoms with Crippen LogP contribution in [0.2, 0.25) is 0 Å². The van der Waals surface area contributed by atoms with Crippen LogP contribution in [-0.4, -0.2) is 18.9 Å². The van der Waals surface area contributed by atoms with Gasteiger partial charge in [0.25, 0.3) is 0 Å². The van der Waals surface area contributed by atoms with Gasteiger partial charge < -0.3 is 9.47 Å². The van der Waals surface area contributed by atoms with E-state index in [1.165, 1.54) is 32.2 Å². The lowest BCUT2D eigenvalue weighted by Crippen LogP contribution is -2.05. The standard InChI is InChI=1S/C20H17F3O4/c1-13(24)15-7-8-18(26-2)16(11-15)12-27-19(25)9-6-14-4-3-5-17(10-14)20(21,22)23/h3-11H,12H2,1-2H3. The largest absolute Gasteiger partial charge is 0.496 e. The molecule has 0 aliphatic rings. The lowest BCUT2D eigenvalue weighted by atomic mass is 10.1. The average molecular weight is 378 g/mol. The molecule has 2 aromatic carbocycles. The Morgan fingerprint density at radius 1 is 1.11 bits per heavy atom. The van der Waals surface area contributed by atoms with Crippen molar-refractivity contribution >= 4 is 17.8 Å². The van der Waals surface area contributed by atoms with Gasteiger partial charge in [-0.3, -0.25) is 4.79 Å². The number of carbonyl (C=O) groups is 2. The molecule has 0 unspecified atom stereocenters.